The Bertz CT molecular complexity index is 632. The van der Waals surface area contributed by atoms with Gasteiger partial charge in [0.15, 0.2) is 0 Å². The van der Waals surface area contributed by atoms with Crippen molar-refractivity contribution in [2.45, 2.75) is 72.3 Å². The topological polar surface area (TPSA) is 69.9 Å². The van der Waals surface area contributed by atoms with Gasteiger partial charge in [0.05, 0.1) is 0 Å². The molecule has 0 aliphatic heterocycles. The Balaban J connectivity index is 3.50. The van der Waals surface area contributed by atoms with Crippen LogP contribution in [0.25, 0.3) is 0 Å². The van der Waals surface area contributed by atoms with E-state index in [0.717, 1.165) is 11.1 Å². The molecule has 1 aromatic carbocycles. The molecule has 0 bridgehead atoms. The smallest absolute Gasteiger partial charge is 0.328 e. The Kier molecular flexibility index (Phi) is 5.86. The molecule has 1 aromatic rings. The van der Waals surface area contributed by atoms with E-state index in [-0.39, 0.29) is 22.5 Å². The van der Waals surface area contributed by atoms with Crippen LogP contribution in [0.15, 0.2) is 17.1 Å². The normalized spacial score (nSPS) is 14.4. The van der Waals surface area contributed by atoms with Gasteiger partial charge < -0.3 is 10.2 Å². The molecule has 0 amide bonds. The molecule has 4 heteroatoms. The number of phenolic OH excluding ortho intramolecular Hbond substituents is 1. The van der Waals surface area contributed by atoms with Crippen molar-refractivity contribution >= 4 is 12.2 Å². The zero-order chi connectivity index (χ0) is 18.9. The number of nitrogens with zero attached hydrogens (tertiary/aromatic N) is 1. The lowest BCUT2D eigenvalue weighted by molar-refractivity contribution is -0.139. The Labute approximate surface area is 145 Å². The summed E-state index contributed by atoms with van der Waals surface area (Å²) in [5, 5.41) is 19.9. The van der Waals surface area contributed by atoms with Gasteiger partial charge in [-0.2, -0.15) is 0 Å². The van der Waals surface area contributed by atoms with Gasteiger partial charge in [-0.25, -0.2) is 4.79 Å². The molecule has 2 N–H and O–H groups in total. The van der Waals surface area contributed by atoms with Gasteiger partial charge in [-0.15, -0.1) is 0 Å². The Hall–Kier alpha value is -1.84. The van der Waals surface area contributed by atoms with E-state index in [4.69, 9.17) is 0 Å². The molecule has 4 nitrogen and oxygen atoms in total. The maximum atomic E-state index is 11.3. The average molecular weight is 333 g/mol. The minimum atomic E-state index is -0.955. The number of carboxylic acids is 1. The molecule has 0 aromatic heterocycles. The zero-order valence-electron chi connectivity index (χ0n) is 16.1. The molecule has 24 heavy (non-hydrogen) atoms. The Morgan fingerprint density at radius 3 is 2.00 bits per heavy atom. The third kappa shape index (κ3) is 4.83. The van der Waals surface area contributed by atoms with E-state index in [1.807, 2.05) is 46.8 Å². The Morgan fingerprint density at radius 2 is 1.62 bits per heavy atom. The minimum Gasteiger partial charge on any atom is -0.507 e. The maximum absolute atomic E-state index is 11.3. The quantitative estimate of drug-likeness (QED) is 0.796. The van der Waals surface area contributed by atoms with Crippen molar-refractivity contribution in [1.82, 2.24) is 0 Å². The average Bonchev–Trinajstić information content (AvgIpc) is 2.37. The van der Waals surface area contributed by atoms with Crippen LogP contribution in [0.5, 0.6) is 5.75 Å². The third-order valence-corrected chi connectivity index (χ3v) is 4.07. The van der Waals surface area contributed by atoms with Crippen LogP contribution in [0.3, 0.4) is 0 Å². The summed E-state index contributed by atoms with van der Waals surface area (Å²) in [4.78, 5) is 15.5. The Morgan fingerprint density at radius 1 is 1.08 bits per heavy atom. The maximum Gasteiger partial charge on any atom is 0.328 e. The molecule has 0 saturated carbocycles. The highest BCUT2D eigenvalue weighted by molar-refractivity contribution is 5.87. The van der Waals surface area contributed by atoms with Gasteiger partial charge >= 0.3 is 5.97 Å². The second kappa shape index (κ2) is 6.96. The first kappa shape index (κ1) is 20.2. The van der Waals surface area contributed by atoms with Crippen molar-refractivity contribution in [2.75, 3.05) is 0 Å². The summed E-state index contributed by atoms with van der Waals surface area (Å²) in [7, 11) is 0. The summed E-state index contributed by atoms with van der Waals surface area (Å²) >= 11 is 0. The van der Waals surface area contributed by atoms with Gasteiger partial charge in [0.25, 0.3) is 0 Å². The summed E-state index contributed by atoms with van der Waals surface area (Å²) in [5.41, 5.74) is 2.19. The highest BCUT2D eigenvalue weighted by Crippen LogP contribution is 2.37. The van der Waals surface area contributed by atoms with Gasteiger partial charge in [-0.05, 0) is 28.4 Å². The van der Waals surface area contributed by atoms with Crippen molar-refractivity contribution in [3.8, 4) is 5.75 Å². The minimum absolute atomic E-state index is 0.0828. The van der Waals surface area contributed by atoms with E-state index >= 15 is 0 Å². The number of aromatic hydroxyl groups is 1. The predicted molar refractivity (Wildman–Crippen MR) is 99.4 cm³/mol. The van der Waals surface area contributed by atoms with Gasteiger partial charge in [0.1, 0.15) is 11.8 Å². The van der Waals surface area contributed by atoms with E-state index < -0.39 is 12.0 Å². The predicted octanol–water partition coefficient (Wildman–Crippen LogP) is 4.52. The monoisotopic (exact) mass is 333 g/mol. The third-order valence-electron chi connectivity index (χ3n) is 4.07. The summed E-state index contributed by atoms with van der Waals surface area (Å²) < 4.78 is 0. The van der Waals surface area contributed by atoms with E-state index in [1.54, 1.807) is 0 Å². The fraction of sp³-hybridized carbons (Fsp3) is 0.600. The second-order valence-corrected chi connectivity index (χ2v) is 8.77. The zero-order valence-corrected chi connectivity index (χ0v) is 16.1. The van der Waals surface area contributed by atoms with Crippen LogP contribution in [-0.4, -0.2) is 28.4 Å². The van der Waals surface area contributed by atoms with Crippen LogP contribution < -0.4 is 0 Å². The summed E-state index contributed by atoms with van der Waals surface area (Å²) in [6, 6.07) is 3.11. The van der Waals surface area contributed by atoms with Crippen molar-refractivity contribution < 1.29 is 15.0 Å². The molecular formula is C20H31NO3. The van der Waals surface area contributed by atoms with E-state index in [1.165, 1.54) is 6.21 Å². The number of rotatable bonds is 4. The molecule has 0 saturated heterocycles. The number of carbonyl (C=O) groups is 1. The van der Waals surface area contributed by atoms with Gasteiger partial charge in [-0.1, -0.05) is 61.5 Å². The van der Waals surface area contributed by atoms with Crippen molar-refractivity contribution in [1.29, 1.82) is 0 Å². The number of aliphatic imine (C=N–C) groups is 1. The van der Waals surface area contributed by atoms with Crippen molar-refractivity contribution in [3.05, 3.63) is 28.8 Å². The van der Waals surface area contributed by atoms with Crippen LogP contribution >= 0.6 is 0 Å². The first-order valence-electron chi connectivity index (χ1n) is 8.39. The van der Waals surface area contributed by atoms with Crippen LogP contribution in [0, 0.1) is 5.92 Å². The molecule has 0 heterocycles. The number of carboxylic acid groups (broad SMARTS) is 1. The summed E-state index contributed by atoms with van der Waals surface area (Å²) in [6.07, 6.45) is 1.50. The number of phenols is 1. The first-order valence-corrected chi connectivity index (χ1v) is 8.39. The molecular weight excluding hydrogens is 302 g/mol. The van der Waals surface area contributed by atoms with Crippen LogP contribution in [-0.2, 0) is 15.6 Å². The van der Waals surface area contributed by atoms with E-state index in [9.17, 15) is 15.0 Å². The summed E-state index contributed by atoms with van der Waals surface area (Å²) in [6.45, 7) is 16.1. The number of hydrogen-bond acceptors (Lipinski definition) is 3. The molecule has 134 valence electrons. The molecule has 0 aliphatic carbocycles. The highest BCUT2D eigenvalue weighted by Gasteiger charge is 2.25. The van der Waals surface area contributed by atoms with Crippen LogP contribution in [0.2, 0.25) is 0 Å². The molecule has 0 radical (unpaired) electrons. The van der Waals surface area contributed by atoms with Crippen LogP contribution in [0.4, 0.5) is 0 Å². The standard InChI is InChI=1S/C20H31NO3/c1-12(2)16(18(23)24)21-11-13-9-14(19(3,4)5)10-15(17(13)22)20(6,7)8/h9-12,16,22H,1-8H3,(H,23,24)/t16-/m0/s1. The fourth-order valence-corrected chi connectivity index (χ4v) is 2.44. The number of benzene rings is 1. The van der Waals surface area contributed by atoms with Gasteiger partial charge in [0, 0.05) is 17.3 Å². The van der Waals surface area contributed by atoms with Crippen molar-refractivity contribution in [2.24, 2.45) is 10.9 Å². The molecule has 0 aliphatic rings. The van der Waals surface area contributed by atoms with Crippen LogP contribution in [0.1, 0.15) is 72.1 Å². The molecule has 1 atom stereocenters. The first-order chi connectivity index (χ1) is 10.7. The number of hydrogen-bond donors (Lipinski definition) is 2. The van der Waals surface area contributed by atoms with Gasteiger partial charge in [0.2, 0.25) is 0 Å². The SMILES string of the molecule is CC(C)[C@H](N=Cc1cc(C(C)(C)C)cc(C(C)(C)C)c1O)C(=O)O. The highest BCUT2D eigenvalue weighted by atomic mass is 16.4. The van der Waals surface area contributed by atoms with E-state index in [2.05, 4.69) is 25.8 Å². The van der Waals surface area contributed by atoms with Gasteiger partial charge in [-0.3, -0.25) is 4.99 Å². The lowest BCUT2D eigenvalue weighted by atomic mass is 9.79. The second-order valence-electron chi connectivity index (χ2n) is 8.77. The molecule has 1 rings (SSSR count). The molecule has 0 fully saturated rings. The summed E-state index contributed by atoms with van der Waals surface area (Å²) in [5.74, 6) is -0.898. The largest absolute Gasteiger partial charge is 0.507 e. The van der Waals surface area contributed by atoms with E-state index in [0.29, 0.717) is 5.56 Å². The lowest BCUT2D eigenvalue weighted by Gasteiger charge is -2.27. The number of aliphatic carboxylic acids is 1. The molecule has 0 spiro atoms. The fourth-order valence-electron chi connectivity index (χ4n) is 2.44. The molecule has 0 unspecified atom stereocenters. The van der Waals surface area contributed by atoms with Crippen molar-refractivity contribution in [3.63, 3.8) is 0 Å². The lowest BCUT2D eigenvalue weighted by Crippen LogP contribution is -2.24.